The van der Waals surface area contributed by atoms with Gasteiger partial charge in [0.25, 0.3) is 0 Å². The first kappa shape index (κ1) is 16.7. The minimum atomic E-state index is -1.01. The Bertz CT molecular complexity index is 338. The largest absolute Gasteiger partial charge is 0.480 e. The van der Waals surface area contributed by atoms with Crippen molar-refractivity contribution in [3.63, 3.8) is 0 Å². The van der Waals surface area contributed by atoms with Gasteiger partial charge in [-0.2, -0.15) is 0 Å². The Morgan fingerprint density at radius 1 is 1.45 bits per heavy atom. The molecule has 0 aliphatic carbocycles. The van der Waals surface area contributed by atoms with Crippen LogP contribution in [-0.2, 0) is 9.53 Å². The fourth-order valence-electron chi connectivity index (χ4n) is 2.49. The van der Waals surface area contributed by atoms with Gasteiger partial charge < -0.3 is 24.5 Å². The molecule has 1 N–H and O–H groups in total. The molecule has 0 spiro atoms. The van der Waals surface area contributed by atoms with Crippen LogP contribution in [0, 0.1) is 5.92 Å². The first-order valence-electron chi connectivity index (χ1n) is 6.83. The normalized spacial score (nSPS) is 19.1. The van der Waals surface area contributed by atoms with Gasteiger partial charge >= 0.3 is 12.0 Å². The van der Waals surface area contributed by atoms with Crippen molar-refractivity contribution in [1.29, 1.82) is 0 Å². The zero-order valence-electron chi connectivity index (χ0n) is 12.5. The maximum atomic E-state index is 12.3. The number of carboxylic acids is 1. The molecule has 1 atom stereocenters. The maximum Gasteiger partial charge on any atom is 0.323 e. The molecule has 20 heavy (non-hydrogen) atoms. The Kier molecular flexibility index (Phi) is 6.74. The van der Waals surface area contributed by atoms with Gasteiger partial charge in [-0.25, -0.2) is 4.79 Å². The van der Waals surface area contributed by atoms with Crippen LogP contribution in [0.25, 0.3) is 0 Å². The summed E-state index contributed by atoms with van der Waals surface area (Å²) in [5.41, 5.74) is 0. The van der Waals surface area contributed by atoms with E-state index in [1.165, 1.54) is 12.0 Å². The van der Waals surface area contributed by atoms with Gasteiger partial charge in [0, 0.05) is 33.8 Å². The topological polar surface area (TPSA) is 73.3 Å². The minimum Gasteiger partial charge on any atom is -0.480 e. The monoisotopic (exact) mass is 287 g/mol. The molecule has 1 unspecified atom stereocenters. The van der Waals surface area contributed by atoms with Gasteiger partial charge in [-0.15, -0.1) is 0 Å². The van der Waals surface area contributed by atoms with E-state index in [1.54, 1.807) is 11.9 Å². The van der Waals surface area contributed by atoms with Gasteiger partial charge in [-0.3, -0.25) is 4.79 Å². The van der Waals surface area contributed by atoms with Gasteiger partial charge in [0.2, 0.25) is 0 Å². The van der Waals surface area contributed by atoms with Crippen LogP contribution in [0.5, 0.6) is 0 Å². The Labute approximate surface area is 120 Å². The predicted molar refractivity (Wildman–Crippen MR) is 74.7 cm³/mol. The molecule has 1 saturated heterocycles. The molecule has 0 radical (unpaired) electrons. The Hall–Kier alpha value is -1.34. The third-order valence-electron chi connectivity index (χ3n) is 3.51. The molecule has 7 heteroatoms. The molecule has 0 saturated carbocycles. The second kappa shape index (κ2) is 8.06. The minimum absolute atomic E-state index is 0.251. The molecule has 2 amide bonds. The quantitative estimate of drug-likeness (QED) is 0.715. The van der Waals surface area contributed by atoms with Crippen LogP contribution in [0.2, 0.25) is 0 Å². The van der Waals surface area contributed by atoms with Crippen molar-refractivity contribution in [3.8, 4) is 0 Å². The van der Waals surface area contributed by atoms with Crippen molar-refractivity contribution >= 4 is 12.0 Å². The smallest absolute Gasteiger partial charge is 0.323 e. The Morgan fingerprint density at radius 3 is 2.65 bits per heavy atom. The van der Waals surface area contributed by atoms with Crippen LogP contribution in [-0.4, -0.2) is 92.3 Å². The van der Waals surface area contributed by atoms with Crippen LogP contribution >= 0.6 is 0 Å². The number of likely N-dealkylation sites (tertiary alicyclic amines) is 1. The summed E-state index contributed by atoms with van der Waals surface area (Å²) in [6.07, 6.45) is 1.07. The lowest BCUT2D eigenvalue weighted by molar-refractivity contribution is -0.137. The highest BCUT2D eigenvalue weighted by atomic mass is 16.5. The van der Waals surface area contributed by atoms with Crippen LogP contribution in [0.1, 0.15) is 6.42 Å². The maximum absolute atomic E-state index is 12.3. The van der Waals surface area contributed by atoms with Crippen LogP contribution in [0.15, 0.2) is 0 Å². The zero-order valence-corrected chi connectivity index (χ0v) is 12.5. The number of methoxy groups -OCH3 is 1. The average molecular weight is 287 g/mol. The predicted octanol–water partition coefficient (Wildman–Crippen LogP) is 0.0229. The number of rotatable bonds is 7. The number of nitrogens with zero attached hydrogens (tertiary/aromatic N) is 3. The highest BCUT2D eigenvalue weighted by Crippen LogP contribution is 2.15. The lowest BCUT2D eigenvalue weighted by atomic mass is 10.1. The van der Waals surface area contributed by atoms with Crippen molar-refractivity contribution in [2.75, 3.05) is 60.5 Å². The zero-order chi connectivity index (χ0) is 15.1. The molecule has 0 aromatic carbocycles. The third-order valence-corrected chi connectivity index (χ3v) is 3.51. The average Bonchev–Trinajstić information content (AvgIpc) is 2.78. The highest BCUT2D eigenvalue weighted by Gasteiger charge is 2.25. The number of aliphatic carboxylic acids is 1. The Morgan fingerprint density at radius 2 is 2.15 bits per heavy atom. The molecule has 1 aliphatic rings. The van der Waals surface area contributed by atoms with Crippen molar-refractivity contribution in [2.45, 2.75) is 6.42 Å². The number of hydrogen-bond acceptors (Lipinski definition) is 4. The second-order valence-electron chi connectivity index (χ2n) is 5.39. The molecular weight excluding hydrogens is 262 g/mol. The van der Waals surface area contributed by atoms with E-state index in [0.29, 0.717) is 19.1 Å². The van der Waals surface area contributed by atoms with E-state index >= 15 is 0 Å². The molecule has 0 aromatic rings. The molecule has 1 rings (SSSR count). The molecule has 1 heterocycles. The van der Waals surface area contributed by atoms with E-state index in [1.807, 2.05) is 0 Å². The summed E-state index contributed by atoms with van der Waals surface area (Å²) in [4.78, 5) is 28.3. The fourth-order valence-corrected chi connectivity index (χ4v) is 2.49. The van der Waals surface area contributed by atoms with E-state index in [0.717, 1.165) is 19.5 Å². The summed E-state index contributed by atoms with van der Waals surface area (Å²) < 4.78 is 4.92. The van der Waals surface area contributed by atoms with Gasteiger partial charge in [-0.05, 0) is 25.9 Å². The molecule has 0 aromatic heterocycles. The molecule has 1 aliphatic heterocycles. The number of hydrogen-bond donors (Lipinski definition) is 1. The van der Waals surface area contributed by atoms with E-state index in [9.17, 15) is 9.59 Å². The third kappa shape index (κ3) is 5.34. The fraction of sp³-hybridized carbons (Fsp3) is 0.846. The first-order valence-corrected chi connectivity index (χ1v) is 6.83. The number of ether oxygens (including phenoxy) is 1. The number of amides is 2. The standard InChI is InChI=1S/C13H25N3O4/c1-14-5-4-11(8-14)9-15(2)13(19)16(6-7-20-3)10-12(17)18/h11H,4-10H2,1-3H3,(H,17,18). The lowest BCUT2D eigenvalue weighted by Gasteiger charge is -2.28. The number of carbonyl (C=O) groups excluding carboxylic acids is 1. The first-order chi connectivity index (χ1) is 9.43. The number of carbonyl (C=O) groups is 2. The van der Waals surface area contributed by atoms with Gasteiger partial charge in [-0.1, -0.05) is 0 Å². The summed E-state index contributed by atoms with van der Waals surface area (Å²) >= 11 is 0. The summed E-state index contributed by atoms with van der Waals surface area (Å²) in [7, 11) is 5.32. The van der Waals surface area contributed by atoms with Gasteiger partial charge in [0.15, 0.2) is 0 Å². The summed E-state index contributed by atoms with van der Waals surface area (Å²) in [6.45, 7) is 3.02. The summed E-state index contributed by atoms with van der Waals surface area (Å²) in [5, 5.41) is 8.87. The Balaban J connectivity index is 2.51. The van der Waals surface area contributed by atoms with E-state index < -0.39 is 5.97 Å². The van der Waals surface area contributed by atoms with E-state index in [4.69, 9.17) is 9.84 Å². The van der Waals surface area contributed by atoms with Gasteiger partial charge in [0.05, 0.1) is 6.61 Å². The van der Waals surface area contributed by atoms with Crippen molar-refractivity contribution in [2.24, 2.45) is 5.92 Å². The van der Waals surface area contributed by atoms with E-state index in [2.05, 4.69) is 11.9 Å². The van der Waals surface area contributed by atoms with Gasteiger partial charge in [0.1, 0.15) is 6.54 Å². The number of urea groups is 1. The molecule has 0 bridgehead atoms. The van der Waals surface area contributed by atoms with E-state index in [-0.39, 0.29) is 19.1 Å². The second-order valence-corrected chi connectivity index (χ2v) is 5.39. The van der Waals surface area contributed by atoms with Crippen LogP contribution < -0.4 is 0 Å². The SMILES string of the molecule is COCCN(CC(=O)O)C(=O)N(C)CC1CCN(C)C1. The molecule has 116 valence electrons. The highest BCUT2D eigenvalue weighted by molar-refractivity contribution is 5.80. The lowest BCUT2D eigenvalue weighted by Crippen LogP contribution is -2.46. The van der Waals surface area contributed by atoms with Crippen LogP contribution in [0.4, 0.5) is 4.79 Å². The number of carboxylic acid groups (broad SMARTS) is 1. The van der Waals surface area contributed by atoms with Crippen molar-refractivity contribution in [1.82, 2.24) is 14.7 Å². The molecular formula is C13H25N3O4. The molecule has 1 fully saturated rings. The molecule has 7 nitrogen and oxygen atoms in total. The van der Waals surface area contributed by atoms with Crippen LogP contribution in [0.3, 0.4) is 0 Å². The summed E-state index contributed by atoms with van der Waals surface area (Å²) in [5.74, 6) is -0.550. The van der Waals surface area contributed by atoms with Crippen molar-refractivity contribution in [3.05, 3.63) is 0 Å². The van der Waals surface area contributed by atoms with Crippen molar-refractivity contribution < 1.29 is 19.4 Å². The summed E-state index contributed by atoms with van der Waals surface area (Å²) in [6, 6.07) is -0.251.